The number of rotatable bonds is 6. The summed E-state index contributed by atoms with van der Waals surface area (Å²) in [5.74, 6) is 0.187. The van der Waals surface area contributed by atoms with E-state index in [2.05, 4.69) is 31.2 Å². The zero-order valence-electron chi connectivity index (χ0n) is 14.6. The molecule has 1 aromatic heterocycles. The lowest BCUT2D eigenvalue weighted by molar-refractivity contribution is 0.412. The second-order valence-corrected chi connectivity index (χ2v) is 7.42. The summed E-state index contributed by atoms with van der Waals surface area (Å²) >= 11 is 5.19. The van der Waals surface area contributed by atoms with Crippen LogP contribution in [0.5, 0.6) is 5.75 Å². The van der Waals surface area contributed by atoms with Gasteiger partial charge in [-0.05, 0) is 42.2 Å². The van der Waals surface area contributed by atoms with Crippen molar-refractivity contribution in [1.82, 2.24) is 9.97 Å². The number of anilines is 2. The highest BCUT2D eigenvalue weighted by Gasteiger charge is 2.15. The fourth-order valence-electron chi connectivity index (χ4n) is 2.58. The lowest BCUT2D eigenvalue weighted by Crippen LogP contribution is -2.02. The van der Waals surface area contributed by atoms with Gasteiger partial charge in [0, 0.05) is 27.5 Å². The first-order valence-corrected chi connectivity index (χ1v) is 10.1. The third kappa shape index (κ3) is 4.75. The van der Waals surface area contributed by atoms with Gasteiger partial charge in [-0.25, -0.2) is 18.7 Å². The predicted molar refractivity (Wildman–Crippen MR) is 109 cm³/mol. The van der Waals surface area contributed by atoms with Crippen LogP contribution in [0.25, 0.3) is 11.3 Å². The number of thioether (sulfide) groups is 1. The molecule has 0 aliphatic heterocycles. The van der Waals surface area contributed by atoms with Crippen LogP contribution in [0.3, 0.4) is 0 Å². The van der Waals surface area contributed by atoms with E-state index in [1.165, 1.54) is 25.3 Å². The monoisotopic (exact) mass is 451 g/mol. The minimum Gasteiger partial charge on any atom is -0.496 e. The van der Waals surface area contributed by atoms with Crippen LogP contribution < -0.4 is 10.1 Å². The van der Waals surface area contributed by atoms with Gasteiger partial charge in [0.05, 0.1) is 13.3 Å². The molecular formula is C19H16BrF2N3OS. The van der Waals surface area contributed by atoms with Crippen molar-refractivity contribution in [2.24, 2.45) is 0 Å². The smallest absolute Gasteiger partial charge is 0.227 e. The second kappa shape index (κ2) is 8.67. The maximum atomic E-state index is 14.3. The molecule has 0 saturated heterocycles. The van der Waals surface area contributed by atoms with Crippen molar-refractivity contribution in [1.29, 1.82) is 0 Å². The molecular weight excluding hydrogens is 436 g/mol. The Labute approximate surface area is 168 Å². The van der Waals surface area contributed by atoms with Crippen LogP contribution >= 0.6 is 27.7 Å². The largest absolute Gasteiger partial charge is 0.496 e. The summed E-state index contributed by atoms with van der Waals surface area (Å²) in [5.41, 5.74) is 2.28. The van der Waals surface area contributed by atoms with Gasteiger partial charge in [-0.2, -0.15) is 11.8 Å². The molecule has 0 radical (unpaired) electrons. The summed E-state index contributed by atoms with van der Waals surface area (Å²) in [6, 6.07) is 9.74. The zero-order chi connectivity index (χ0) is 19.4. The van der Waals surface area contributed by atoms with E-state index in [9.17, 15) is 8.78 Å². The summed E-state index contributed by atoms with van der Waals surface area (Å²) in [5, 5.41) is 3.09. The van der Waals surface area contributed by atoms with Gasteiger partial charge in [-0.15, -0.1) is 0 Å². The molecule has 0 bridgehead atoms. The highest BCUT2D eigenvalue weighted by atomic mass is 79.9. The normalized spacial score (nSPS) is 10.7. The van der Waals surface area contributed by atoms with E-state index in [1.54, 1.807) is 11.8 Å². The fraction of sp³-hybridized carbons (Fsp3) is 0.158. The zero-order valence-corrected chi connectivity index (χ0v) is 17.0. The summed E-state index contributed by atoms with van der Waals surface area (Å²) in [4.78, 5) is 8.27. The third-order valence-corrected chi connectivity index (χ3v) is 4.77. The van der Waals surface area contributed by atoms with Crippen molar-refractivity contribution in [3.63, 3.8) is 0 Å². The number of nitrogens with one attached hydrogen (secondary N) is 1. The molecule has 1 heterocycles. The van der Waals surface area contributed by atoms with E-state index in [0.717, 1.165) is 27.7 Å². The van der Waals surface area contributed by atoms with Crippen molar-refractivity contribution in [3.05, 3.63) is 64.3 Å². The molecule has 140 valence electrons. The maximum Gasteiger partial charge on any atom is 0.227 e. The number of nitrogens with zero attached hydrogens (tertiary/aromatic N) is 2. The lowest BCUT2D eigenvalue weighted by Gasteiger charge is -2.12. The molecule has 0 aliphatic carbocycles. The average Bonchev–Trinajstić information content (AvgIpc) is 2.63. The first-order valence-electron chi connectivity index (χ1n) is 7.92. The number of hydrogen-bond acceptors (Lipinski definition) is 5. The van der Waals surface area contributed by atoms with E-state index in [-0.39, 0.29) is 17.4 Å². The molecule has 1 N–H and O–H groups in total. The molecule has 3 aromatic rings. The molecule has 4 nitrogen and oxygen atoms in total. The molecule has 0 atom stereocenters. The molecule has 3 rings (SSSR count). The summed E-state index contributed by atoms with van der Waals surface area (Å²) in [7, 11) is 1.39. The number of aromatic nitrogens is 2. The van der Waals surface area contributed by atoms with E-state index in [0.29, 0.717) is 5.56 Å². The molecule has 0 amide bonds. The maximum absolute atomic E-state index is 14.3. The van der Waals surface area contributed by atoms with Gasteiger partial charge in [0.1, 0.15) is 17.3 Å². The Balaban J connectivity index is 1.97. The number of halogens is 3. The van der Waals surface area contributed by atoms with Crippen LogP contribution in [0, 0.1) is 11.6 Å². The molecule has 0 spiro atoms. The Morgan fingerprint density at radius 2 is 2.00 bits per heavy atom. The minimum absolute atomic E-state index is 0.0312. The SMILES string of the molecule is COc1cc(F)ccc1-c1nc(Nc2cc(Br)cc(CSC)c2)ncc1F. The Hall–Kier alpha value is -2.19. The van der Waals surface area contributed by atoms with Crippen molar-refractivity contribution in [2.45, 2.75) is 5.75 Å². The quantitative estimate of drug-likeness (QED) is 0.512. The summed E-state index contributed by atoms with van der Waals surface area (Å²) in [6.45, 7) is 0. The average molecular weight is 452 g/mol. The van der Waals surface area contributed by atoms with Crippen molar-refractivity contribution >= 4 is 39.3 Å². The van der Waals surface area contributed by atoms with E-state index >= 15 is 0 Å². The molecule has 0 fully saturated rings. The van der Waals surface area contributed by atoms with Crippen molar-refractivity contribution in [3.8, 4) is 17.0 Å². The highest BCUT2D eigenvalue weighted by Crippen LogP contribution is 2.32. The first-order chi connectivity index (χ1) is 13.0. The van der Waals surface area contributed by atoms with Crippen LogP contribution in [0.2, 0.25) is 0 Å². The topological polar surface area (TPSA) is 47.0 Å². The van der Waals surface area contributed by atoms with Crippen molar-refractivity contribution in [2.75, 3.05) is 18.7 Å². The summed E-state index contributed by atoms with van der Waals surface area (Å²) in [6.07, 6.45) is 3.10. The van der Waals surface area contributed by atoms with Gasteiger partial charge in [-0.3, -0.25) is 0 Å². The van der Waals surface area contributed by atoms with Gasteiger partial charge in [0.2, 0.25) is 5.95 Å². The van der Waals surface area contributed by atoms with Crippen LogP contribution in [0.1, 0.15) is 5.56 Å². The Kier molecular flexibility index (Phi) is 6.28. The molecule has 0 unspecified atom stereocenters. The number of methoxy groups -OCH3 is 1. The van der Waals surface area contributed by atoms with Crippen LogP contribution in [0.4, 0.5) is 20.4 Å². The van der Waals surface area contributed by atoms with Gasteiger partial charge >= 0.3 is 0 Å². The van der Waals surface area contributed by atoms with E-state index < -0.39 is 11.6 Å². The van der Waals surface area contributed by atoms with Gasteiger partial charge in [-0.1, -0.05) is 15.9 Å². The predicted octanol–water partition coefficient (Wildman–Crippen LogP) is 5.80. The summed E-state index contributed by atoms with van der Waals surface area (Å²) < 4.78 is 33.8. The molecule has 0 saturated carbocycles. The van der Waals surface area contributed by atoms with Crippen molar-refractivity contribution < 1.29 is 13.5 Å². The number of benzene rings is 2. The molecule has 27 heavy (non-hydrogen) atoms. The molecule has 8 heteroatoms. The Morgan fingerprint density at radius 3 is 2.74 bits per heavy atom. The van der Waals surface area contributed by atoms with Gasteiger partial charge < -0.3 is 10.1 Å². The van der Waals surface area contributed by atoms with E-state index in [4.69, 9.17) is 4.74 Å². The first kappa shape index (κ1) is 19.6. The van der Waals surface area contributed by atoms with Gasteiger partial charge in [0.25, 0.3) is 0 Å². The molecule has 0 aliphatic rings. The third-order valence-electron chi connectivity index (χ3n) is 3.69. The van der Waals surface area contributed by atoms with Crippen LogP contribution in [-0.2, 0) is 5.75 Å². The Morgan fingerprint density at radius 1 is 1.19 bits per heavy atom. The van der Waals surface area contributed by atoms with E-state index in [1.807, 2.05) is 24.5 Å². The minimum atomic E-state index is -0.622. The number of hydrogen-bond donors (Lipinski definition) is 1. The van der Waals surface area contributed by atoms with Crippen LogP contribution in [0.15, 0.2) is 47.1 Å². The molecule has 2 aromatic carbocycles. The van der Waals surface area contributed by atoms with Crippen LogP contribution in [-0.4, -0.2) is 23.3 Å². The van der Waals surface area contributed by atoms with Gasteiger partial charge in [0.15, 0.2) is 5.82 Å². The fourth-order valence-corrected chi connectivity index (χ4v) is 3.62. The Bertz CT molecular complexity index is 972. The number of ether oxygens (including phenoxy) is 1. The second-order valence-electron chi connectivity index (χ2n) is 5.64. The highest BCUT2D eigenvalue weighted by molar-refractivity contribution is 9.10. The standard InChI is InChI=1S/C19H16BrF2N3OS/c1-26-17-8-13(21)3-4-15(17)18-16(22)9-23-19(25-18)24-14-6-11(10-27-2)5-12(20)7-14/h3-9H,10H2,1-2H3,(H,23,24,25). The lowest BCUT2D eigenvalue weighted by atomic mass is 10.1.